The van der Waals surface area contributed by atoms with Gasteiger partial charge in [-0.1, -0.05) is 57.0 Å². The van der Waals surface area contributed by atoms with E-state index >= 15 is 0 Å². The molecule has 0 aromatic heterocycles. The molecule has 1 aliphatic heterocycles. The number of nitrogens with zero attached hydrogens (tertiary/aromatic N) is 1. The van der Waals surface area contributed by atoms with Crippen LogP contribution in [0.25, 0.3) is 0 Å². The molecule has 0 spiro atoms. The van der Waals surface area contributed by atoms with Crippen molar-refractivity contribution in [3.05, 3.63) is 69.8 Å². The van der Waals surface area contributed by atoms with Gasteiger partial charge in [0.25, 0.3) is 5.69 Å². The van der Waals surface area contributed by atoms with Crippen LogP contribution in [0, 0.1) is 10.1 Å². The highest BCUT2D eigenvalue weighted by Gasteiger charge is 2.41. The van der Waals surface area contributed by atoms with E-state index in [0.29, 0.717) is 22.4 Å². The average Bonchev–Trinajstić information content (AvgIpc) is 2.79. The van der Waals surface area contributed by atoms with E-state index in [4.69, 9.17) is 0 Å². The van der Waals surface area contributed by atoms with Gasteiger partial charge in [-0.25, -0.2) is 8.42 Å². The fraction of sp³-hybridized carbons (Fsp3) is 0.429. The van der Waals surface area contributed by atoms with Gasteiger partial charge < -0.3 is 0 Å². The Morgan fingerprint density at radius 1 is 1.18 bits per heavy atom. The van der Waals surface area contributed by atoms with E-state index < -0.39 is 26.3 Å². The first-order valence-corrected chi connectivity index (χ1v) is 11.3. The maximum Gasteiger partial charge on any atom is 0.269 e. The van der Waals surface area contributed by atoms with E-state index in [2.05, 4.69) is 12.2 Å². The molecule has 3 rings (SSSR count). The Balaban J connectivity index is 2.20. The lowest BCUT2D eigenvalue weighted by Gasteiger charge is -2.35. The minimum Gasteiger partial charge on any atom is -0.300 e. The van der Waals surface area contributed by atoms with Gasteiger partial charge in [0.15, 0.2) is 9.84 Å². The highest BCUT2D eigenvalue weighted by molar-refractivity contribution is 7.91. The van der Waals surface area contributed by atoms with Crippen molar-refractivity contribution >= 4 is 15.5 Å². The van der Waals surface area contributed by atoms with E-state index in [1.54, 1.807) is 24.3 Å². The SMILES string of the molecule is CCCCC1(CC)CS(=O)(=O)c2ccccc2C(c2cccc([N+](=O)[O-])c2)N1. The number of benzene rings is 2. The highest BCUT2D eigenvalue weighted by Crippen LogP contribution is 2.38. The van der Waals surface area contributed by atoms with Crippen LogP contribution < -0.4 is 5.32 Å². The number of nitrogens with one attached hydrogen (secondary N) is 1. The van der Waals surface area contributed by atoms with Crippen LogP contribution in [0.2, 0.25) is 0 Å². The summed E-state index contributed by atoms with van der Waals surface area (Å²) in [7, 11) is -3.49. The van der Waals surface area contributed by atoms with Crippen LogP contribution >= 0.6 is 0 Å². The van der Waals surface area contributed by atoms with Gasteiger partial charge in [-0.2, -0.15) is 0 Å². The van der Waals surface area contributed by atoms with Crippen LogP contribution in [-0.4, -0.2) is 24.6 Å². The van der Waals surface area contributed by atoms with Gasteiger partial charge in [-0.15, -0.1) is 0 Å². The van der Waals surface area contributed by atoms with Crippen LogP contribution in [0.15, 0.2) is 53.4 Å². The summed E-state index contributed by atoms with van der Waals surface area (Å²) >= 11 is 0. The molecule has 0 aliphatic carbocycles. The molecule has 0 radical (unpaired) electrons. The number of hydrogen-bond donors (Lipinski definition) is 1. The minimum absolute atomic E-state index is 0.000424. The van der Waals surface area contributed by atoms with Crippen LogP contribution in [0.5, 0.6) is 0 Å². The van der Waals surface area contributed by atoms with E-state index in [0.717, 1.165) is 19.3 Å². The normalized spacial score (nSPS) is 23.6. The zero-order valence-electron chi connectivity index (χ0n) is 16.2. The first-order chi connectivity index (χ1) is 13.3. The second-order valence-corrected chi connectivity index (χ2v) is 9.42. The van der Waals surface area contributed by atoms with E-state index in [1.807, 2.05) is 19.1 Å². The zero-order valence-corrected chi connectivity index (χ0v) is 17.0. The van der Waals surface area contributed by atoms with Crippen molar-refractivity contribution in [1.82, 2.24) is 5.32 Å². The number of nitro benzene ring substituents is 1. The number of rotatable bonds is 6. The fourth-order valence-electron chi connectivity index (χ4n) is 3.99. The summed E-state index contributed by atoms with van der Waals surface area (Å²) < 4.78 is 26.5. The molecule has 2 aromatic rings. The summed E-state index contributed by atoms with van der Waals surface area (Å²) in [6.45, 7) is 4.08. The number of non-ortho nitro benzene ring substituents is 1. The summed E-state index contributed by atoms with van der Waals surface area (Å²) in [6, 6.07) is 13.0. The van der Waals surface area contributed by atoms with Crippen LogP contribution in [-0.2, 0) is 9.84 Å². The van der Waals surface area contributed by atoms with E-state index in [-0.39, 0.29) is 11.4 Å². The summed E-state index contributed by atoms with van der Waals surface area (Å²) in [5.74, 6) is 0.0267. The molecule has 2 atom stereocenters. The predicted molar refractivity (Wildman–Crippen MR) is 109 cm³/mol. The lowest BCUT2D eigenvalue weighted by Crippen LogP contribution is -2.50. The molecule has 150 valence electrons. The standard InChI is InChI=1S/C21H26N2O4S/c1-3-5-13-21(4-2)15-28(26,27)19-12-7-6-11-18(19)20(22-21)16-9-8-10-17(14-16)23(24)25/h6-12,14,20,22H,3-5,13,15H2,1-2H3. The van der Waals surface area contributed by atoms with Crippen molar-refractivity contribution in [2.75, 3.05) is 5.75 Å². The molecule has 7 heteroatoms. The summed E-state index contributed by atoms with van der Waals surface area (Å²) in [4.78, 5) is 11.2. The molecule has 1 heterocycles. The number of nitro groups is 1. The molecule has 28 heavy (non-hydrogen) atoms. The zero-order chi connectivity index (χ0) is 20.4. The molecule has 0 saturated heterocycles. The Hall–Kier alpha value is -2.25. The van der Waals surface area contributed by atoms with Crippen LogP contribution in [0.4, 0.5) is 5.69 Å². The lowest BCUT2D eigenvalue weighted by molar-refractivity contribution is -0.384. The van der Waals surface area contributed by atoms with Gasteiger partial charge in [-0.3, -0.25) is 15.4 Å². The number of fused-ring (bicyclic) bond motifs is 1. The minimum atomic E-state index is -3.49. The van der Waals surface area contributed by atoms with Gasteiger partial charge in [0.2, 0.25) is 0 Å². The molecular formula is C21H26N2O4S. The topological polar surface area (TPSA) is 89.3 Å². The quantitative estimate of drug-likeness (QED) is 0.571. The van der Waals surface area contributed by atoms with Gasteiger partial charge in [0, 0.05) is 17.7 Å². The molecule has 0 fully saturated rings. The third-order valence-electron chi connectivity index (χ3n) is 5.58. The predicted octanol–water partition coefficient (Wildman–Crippen LogP) is 4.40. The van der Waals surface area contributed by atoms with Crippen molar-refractivity contribution in [1.29, 1.82) is 0 Å². The average molecular weight is 403 g/mol. The first kappa shape index (κ1) is 20.5. The Bertz CT molecular complexity index is 974. The van der Waals surface area contributed by atoms with E-state index in [1.165, 1.54) is 12.1 Å². The van der Waals surface area contributed by atoms with Gasteiger partial charge in [-0.05, 0) is 30.0 Å². The molecule has 0 saturated carbocycles. The molecule has 1 N–H and O–H groups in total. The Labute approximate surface area is 166 Å². The lowest BCUT2D eigenvalue weighted by atomic mass is 9.88. The number of hydrogen-bond acceptors (Lipinski definition) is 5. The second-order valence-electron chi connectivity index (χ2n) is 7.46. The molecule has 0 bridgehead atoms. The van der Waals surface area contributed by atoms with Crippen LogP contribution in [0.1, 0.15) is 56.7 Å². The fourth-order valence-corrected chi connectivity index (χ4v) is 6.14. The molecular weight excluding hydrogens is 376 g/mol. The maximum absolute atomic E-state index is 13.2. The van der Waals surface area contributed by atoms with Crippen molar-refractivity contribution in [3.8, 4) is 0 Å². The Kier molecular flexibility index (Phi) is 5.86. The number of sulfone groups is 1. The molecule has 1 aliphatic rings. The summed E-state index contributed by atoms with van der Waals surface area (Å²) in [5, 5.41) is 14.9. The van der Waals surface area contributed by atoms with Crippen LogP contribution in [0.3, 0.4) is 0 Å². The molecule has 2 aromatic carbocycles. The van der Waals surface area contributed by atoms with Crippen molar-refractivity contribution in [3.63, 3.8) is 0 Å². The molecule has 2 unspecified atom stereocenters. The highest BCUT2D eigenvalue weighted by atomic mass is 32.2. The Morgan fingerprint density at radius 2 is 1.93 bits per heavy atom. The molecule has 6 nitrogen and oxygen atoms in total. The Morgan fingerprint density at radius 3 is 2.61 bits per heavy atom. The third-order valence-corrected chi connectivity index (χ3v) is 7.56. The summed E-state index contributed by atoms with van der Waals surface area (Å²) in [6.07, 6.45) is 3.27. The van der Waals surface area contributed by atoms with E-state index in [9.17, 15) is 18.5 Å². The maximum atomic E-state index is 13.2. The molecule has 0 amide bonds. The van der Waals surface area contributed by atoms with Gasteiger partial charge >= 0.3 is 0 Å². The second kappa shape index (κ2) is 8.01. The third kappa shape index (κ3) is 3.95. The summed E-state index contributed by atoms with van der Waals surface area (Å²) in [5.41, 5.74) is 0.769. The monoisotopic (exact) mass is 402 g/mol. The van der Waals surface area contributed by atoms with Crippen molar-refractivity contribution in [2.45, 2.75) is 56.0 Å². The van der Waals surface area contributed by atoms with Crippen molar-refractivity contribution < 1.29 is 13.3 Å². The number of unbranched alkanes of at least 4 members (excludes halogenated alkanes) is 1. The van der Waals surface area contributed by atoms with Gasteiger partial charge in [0.1, 0.15) is 0 Å². The smallest absolute Gasteiger partial charge is 0.269 e. The largest absolute Gasteiger partial charge is 0.300 e. The first-order valence-electron chi connectivity index (χ1n) is 9.65. The van der Waals surface area contributed by atoms with Gasteiger partial charge in [0.05, 0.1) is 21.6 Å². The van der Waals surface area contributed by atoms with Crippen molar-refractivity contribution in [2.24, 2.45) is 0 Å².